The number of Topliss-reactive ketones (excluding diaryl/α,β-unsaturated/α-hetero) is 1. The number of sulfonamides is 1. The fourth-order valence-corrected chi connectivity index (χ4v) is 5.81. The predicted molar refractivity (Wildman–Crippen MR) is 128 cm³/mol. The summed E-state index contributed by atoms with van der Waals surface area (Å²) in [6, 6.07) is 13.9. The Morgan fingerprint density at radius 2 is 1.88 bits per heavy atom. The molecule has 0 aliphatic rings. The minimum Gasteiger partial charge on any atom is -0.330 e. The standard InChI is InChI=1S/C24H23FN4O3S2/c1-17(30)12-23-27-15-24(33-23)34(31,32)28-13-19-4-2-3-5-21(19)22-14-26-16-29(22)11-10-18-6-8-20(25)9-7-18/h2-9,14-16,28H,10-13H2,1H3. The molecule has 7 nitrogen and oxygen atoms in total. The van der Waals surface area contributed by atoms with Crippen LogP contribution in [0.4, 0.5) is 4.39 Å². The Bertz CT molecular complexity index is 1400. The third-order valence-corrected chi connectivity index (χ3v) is 8.07. The third-order valence-electron chi connectivity index (χ3n) is 5.21. The summed E-state index contributed by atoms with van der Waals surface area (Å²) in [5, 5.41) is 0.471. The van der Waals surface area contributed by atoms with Gasteiger partial charge in [0, 0.05) is 18.7 Å². The number of carbonyl (C=O) groups is 1. The molecule has 0 aliphatic heterocycles. The second-order valence-electron chi connectivity index (χ2n) is 7.78. The topological polar surface area (TPSA) is 93.9 Å². The second kappa shape index (κ2) is 10.4. The number of nitrogens with zero attached hydrogens (tertiary/aromatic N) is 3. The summed E-state index contributed by atoms with van der Waals surface area (Å²) in [5.41, 5.74) is 3.53. The van der Waals surface area contributed by atoms with Gasteiger partial charge >= 0.3 is 0 Å². The van der Waals surface area contributed by atoms with E-state index in [4.69, 9.17) is 0 Å². The fraction of sp³-hybridized carbons (Fsp3) is 0.208. The number of thiazole rings is 1. The van der Waals surface area contributed by atoms with Gasteiger partial charge in [-0.05, 0) is 36.6 Å². The molecule has 0 amide bonds. The number of hydrogen-bond donors (Lipinski definition) is 1. The van der Waals surface area contributed by atoms with Gasteiger partial charge in [-0.2, -0.15) is 0 Å². The monoisotopic (exact) mass is 498 g/mol. The van der Waals surface area contributed by atoms with Gasteiger partial charge in [0.25, 0.3) is 10.0 Å². The highest BCUT2D eigenvalue weighted by Crippen LogP contribution is 2.25. The van der Waals surface area contributed by atoms with Gasteiger partial charge < -0.3 is 4.57 Å². The van der Waals surface area contributed by atoms with Crippen LogP contribution in [0, 0.1) is 5.82 Å². The minimum absolute atomic E-state index is 0.0729. The molecule has 0 fully saturated rings. The number of benzene rings is 2. The van der Waals surface area contributed by atoms with E-state index in [0.717, 1.165) is 33.7 Å². The Kier molecular flexibility index (Phi) is 7.30. The molecule has 34 heavy (non-hydrogen) atoms. The van der Waals surface area contributed by atoms with Crippen molar-refractivity contribution in [3.8, 4) is 11.3 Å². The van der Waals surface area contributed by atoms with Crippen LogP contribution in [0.1, 0.15) is 23.1 Å². The molecule has 2 aromatic carbocycles. The first kappa shape index (κ1) is 23.9. The normalized spacial score (nSPS) is 11.6. The van der Waals surface area contributed by atoms with Gasteiger partial charge in [-0.1, -0.05) is 36.4 Å². The molecular weight excluding hydrogens is 475 g/mol. The van der Waals surface area contributed by atoms with Crippen molar-refractivity contribution in [1.82, 2.24) is 19.3 Å². The van der Waals surface area contributed by atoms with Crippen molar-refractivity contribution in [3.05, 3.63) is 89.2 Å². The van der Waals surface area contributed by atoms with Gasteiger partial charge in [-0.3, -0.25) is 4.79 Å². The van der Waals surface area contributed by atoms with Crippen LogP contribution in [0.2, 0.25) is 0 Å². The Morgan fingerprint density at radius 3 is 2.65 bits per heavy atom. The maximum Gasteiger partial charge on any atom is 0.251 e. The lowest BCUT2D eigenvalue weighted by atomic mass is 10.0. The molecule has 0 unspecified atom stereocenters. The second-order valence-corrected chi connectivity index (χ2v) is 10.9. The van der Waals surface area contributed by atoms with Gasteiger partial charge in [0.1, 0.15) is 16.6 Å². The zero-order chi connectivity index (χ0) is 24.1. The summed E-state index contributed by atoms with van der Waals surface area (Å²) < 4.78 is 43.4. The van der Waals surface area contributed by atoms with Gasteiger partial charge in [0.05, 0.1) is 30.8 Å². The molecule has 0 bridgehead atoms. The zero-order valence-corrected chi connectivity index (χ0v) is 20.1. The van der Waals surface area contributed by atoms with Gasteiger partial charge in [0.2, 0.25) is 0 Å². The first-order valence-electron chi connectivity index (χ1n) is 10.6. The van der Waals surface area contributed by atoms with E-state index in [1.165, 1.54) is 25.3 Å². The minimum atomic E-state index is -3.78. The van der Waals surface area contributed by atoms with Crippen molar-refractivity contribution in [2.75, 3.05) is 0 Å². The highest BCUT2D eigenvalue weighted by molar-refractivity contribution is 7.91. The summed E-state index contributed by atoms with van der Waals surface area (Å²) >= 11 is 0.993. The largest absolute Gasteiger partial charge is 0.330 e. The molecule has 4 aromatic rings. The average molecular weight is 499 g/mol. The van der Waals surface area contributed by atoms with Crippen LogP contribution in [0.5, 0.6) is 0 Å². The number of nitrogens with one attached hydrogen (secondary N) is 1. The zero-order valence-electron chi connectivity index (χ0n) is 18.4. The van der Waals surface area contributed by atoms with Crippen LogP contribution in [0.15, 0.2) is 71.5 Å². The average Bonchev–Trinajstić information content (AvgIpc) is 3.47. The maximum atomic E-state index is 13.2. The van der Waals surface area contributed by atoms with Gasteiger partial charge in [-0.25, -0.2) is 27.5 Å². The Morgan fingerprint density at radius 1 is 1.12 bits per heavy atom. The van der Waals surface area contributed by atoms with Crippen LogP contribution in [-0.4, -0.2) is 28.7 Å². The molecule has 4 rings (SSSR count). The van der Waals surface area contributed by atoms with Crippen LogP contribution < -0.4 is 4.72 Å². The number of rotatable bonds is 10. The molecule has 0 aliphatic carbocycles. The molecule has 176 valence electrons. The van der Waals surface area contributed by atoms with E-state index in [2.05, 4.69) is 14.7 Å². The van der Waals surface area contributed by atoms with Crippen LogP contribution in [0.3, 0.4) is 0 Å². The van der Waals surface area contributed by atoms with E-state index in [9.17, 15) is 17.6 Å². The predicted octanol–water partition coefficient (Wildman–Crippen LogP) is 4.00. The first-order chi connectivity index (χ1) is 16.3. The van der Waals surface area contributed by atoms with Crippen molar-refractivity contribution in [3.63, 3.8) is 0 Å². The Balaban J connectivity index is 1.49. The van der Waals surface area contributed by atoms with E-state index in [-0.39, 0.29) is 28.8 Å². The summed E-state index contributed by atoms with van der Waals surface area (Å²) in [4.78, 5) is 19.6. The molecule has 0 radical (unpaired) electrons. The van der Waals surface area contributed by atoms with Gasteiger partial charge in [0.15, 0.2) is 4.21 Å². The molecule has 1 N–H and O–H groups in total. The summed E-state index contributed by atoms with van der Waals surface area (Å²) in [6.45, 7) is 2.16. The molecule has 0 atom stereocenters. The summed E-state index contributed by atoms with van der Waals surface area (Å²) in [7, 11) is -3.78. The number of aromatic nitrogens is 3. The third kappa shape index (κ3) is 5.82. The summed E-state index contributed by atoms with van der Waals surface area (Å²) in [6.07, 6.45) is 5.57. The smallest absolute Gasteiger partial charge is 0.251 e. The Labute approximate surface area is 201 Å². The maximum absolute atomic E-state index is 13.2. The molecule has 0 saturated carbocycles. The SMILES string of the molecule is CC(=O)Cc1ncc(S(=O)(=O)NCc2ccccc2-c2cncn2CCc2ccc(F)cc2)s1. The van der Waals surface area contributed by atoms with E-state index >= 15 is 0 Å². The molecule has 2 heterocycles. The molecule has 10 heteroatoms. The molecule has 0 spiro atoms. The first-order valence-corrected chi connectivity index (χ1v) is 12.9. The highest BCUT2D eigenvalue weighted by Gasteiger charge is 2.19. The molecule has 0 saturated heterocycles. The van der Waals surface area contributed by atoms with E-state index in [1.807, 2.05) is 28.8 Å². The number of halogens is 1. The lowest BCUT2D eigenvalue weighted by Crippen LogP contribution is -2.22. The van der Waals surface area contributed by atoms with E-state index in [1.54, 1.807) is 24.7 Å². The van der Waals surface area contributed by atoms with E-state index in [0.29, 0.717) is 18.0 Å². The van der Waals surface area contributed by atoms with Crippen molar-refractivity contribution in [2.24, 2.45) is 0 Å². The number of aryl methyl sites for hydroxylation is 2. The lowest BCUT2D eigenvalue weighted by Gasteiger charge is -2.13. The van der Waals surface area contributed by atoms with Crippen molar-refractivity contribution in [1.29, 1.82) is 0 Å². The van der Waals surface area contributed by atoms with Crippen molar-refractivity contribution >= 4 is 27.1 Å². The lowest BCUT2D eigenvalue weighted by molar-refractivity contribution is -0.116. The number of imidazole rings is 1. The van der Waals surface area contributed by atoms with Crippen molar-refractivity contribution < 1.29 is 17.6 Å². The quantitative estimate of drug-likeness (QED) is 0.357. The van der Waals surface area contributed by atoms with Crippen LogP contribution in [-0.2, 0) is 40.7 Å². The number of carbonyl (C=O) groups excluding carboxylic acids is 1. The highest BCUT2D eigenvalue weighted by atomic mass is 32.2. The molecule has 2 aromatic heterocycles. The fourth-order valence-electron chi connectivity index (χ4n) is 3.50. The van der Waals surface area contributed by atoms with Gasteiger partial charge in [-0.15, -0.1) is 11.3 Å². The van der Waals surface area contributed by atoms with Crippen LogP contribution in [0.25, 0.3) is 11.3 Å². The Hall–Kier alpha value is -3.21. The van der Waals surface area contributed by atoms with E-state index < -0.39 is 10.0 Å². The summed E-state index contributed by atoms with van der Waals surface area (Å²) in [5.74, 6) is -0.340. The number of ketones is 1. The molecular formula is C24H23FN4O3S2. The van der Waals surface area contributed by atoms with Crippen molar-refractivity contribution in [2.45, 2.75) is 37.1 Å². The number of hydrogen-bond acceptors (Lipinski definition) is 6. The van der Waals surface area contributed by atoms with Crippen LogP contribution >= 0.6 is 11.3 Å².